The van der Waals surface area contributed by atoms with Crippen molar-refractivity contribution < 1.29 is 9.90 Å². The first kappa shape index (κ1) is 51.8. The van der Waals surface area contributed by atoms with Crippen LogP contribution in [0.1, 0.15) is 145 Å². The summed E-state index contributed by atoms with van der Waals surface area (Å²) in [5.41, 5.74) is 4.84. The van der Waals surface area contributed by atoms with Crippen molar-refractivity contribution in [3.8, 4) is 0 Å². The second kappa shape index (κ2) is 59.4. The zero-order valence-corrected chi connectivity index (χ0v) is 25.8. The van der Waals surface area contributed by atoms with E-state index < -0.39 is 0 Å². The average Bonchev–Trinajstić information content (AvgIpc) is 3.23. The highest BCUT2D eigenvalue weighted by molar-refractivity contribution is 5.11. The van der Waals surface area contributed by atoms with E-state index in [1.165, 1.54) is 89.9 Å². The molecule has 0 bridgehead atoms. The molecule has 5 heteroatoms. The Kier molecular flexibility index (Phi) is 85.5. The lowest BCUT2D eigenvalue weighted by Gasteiger charge is -2.31. The highest BCUT2D eigenvalue weighted by atomic mass is 16.3. The van der Waals surface area contributed by atoms with Crippen molar-refractivity contribution in [3.63, 3.8) is 0 Å². The number of nitrogens with two attached hydrogens (primary N) is 1. The van der Waals surface area contributed by atoms with Crippen molar-refractivity contribution in [2.45, 2.75) is 150 Å². The van der Waals surface area contributed by atoms with Gasteiger partial charge in [-0.3, -0.25) is 0 Å². The first-order valence-corrected chi connectivity index (χ1v) is 14.4. The van der Waals surface area contributed by atoms with Crippen LogP contribution in [0.25, 0.3) is 0 Å². The van der Waals surface area contributed by atoms with E-state index >= 15 is 0 Å². The Balaban J connectivity index is -0.0000000622. The molecule has 226 valence electrons. The third-order valence-corrected chi connectivity index (χ3v) is 5.31. The molecule has 0 atom stereocenters. The van der Waals surface area contributed by atoms with Crippen molar-refractivity contribution in [2.75, 3.05) is 34.3 Å². The van der Waals surface area contributed by atoms with Crippen LogP contribution in [0.4, 0.5) is 0 Å². The summed E-state index contributed by atoms with van der Waals surface area (Å²) >= 11 is 0. The molecular formula is C31H75N3O2. The number of aliphatic hydroxyl groups excluding tert-OH is 1. The molecule has 0 saturated heterocycles. The number of carbonyl (C=O) groups excluding carboxylic acids is 1. The molecule has 0 radical (unpaired) electrons. The van der Waals surface area contributed by atoms with Crippen LogP contribution in [0.5, 0.6) is 0 Å². The Bertz CT molecular complexity index is 253. The summed E-state index contributed by atoms with van der Waals surface area (Å²) in [5, 5.41) is 15.4. The second-order valence-corrected chi connectivity index (χ2v) is 8.63. The molecule has 0 aromatic carbocycles. The van der Waals surface area contributed by atoms with Gasteiger partial charge in [-0.1, -0.05) is 132 Å². The molecule has 5 N–H and O–H groups in total. The Hall–Kier alpha value is -0.750. The molecule has 0 spiro atoms. The summed E-state index contributed by atoms with van der Waals surface area (Å²) < 4.78 is 0. The summed E-state index contributed by atoms with van der Waals surface area (Å²) in [6.07, 6.45) is 21.6. The van der Waals surface area contributed by atoms with Gasteiger partial charge in [-0.15, -0.1) is 13.2 Å². The van der Waals surface area contributed by atoms with Crippen molar-refractivity contribution in [2.24, 2.45) is 5.73 Å². The Morgan fingerprint density at radius 2 is 0.917 bits per heavy atom. The monoisotopic (exact) mass is 522 g/mol. The van der Waals surface area contributed by atoms with E-state index in [0.717, 1.165) is 19.4 Å². The van der Waals surface area contributed by atoms with Gasteiger partial charge in [0, 0.05) is 5.54 Å². The zero-order valence-electron chi connectivity index (χ0n) is 25.8. The van der Waals surface area contributed by atoms with E-state index in [-0.39, 0.29) is 19.6 Å². The van der Waals surface area contributed by atoms with Crippen LogP contribution < -0.4 is 16.4 Å². The molecule has 0 heterocycles. The molecule has 0 unspecified atom stereocenters. The lowest BCUT2D eigenvalue weighted by atomic mass is 9.88. The molecule has 0 aromatic rings. The number of hydrogen-bond acceptors (Lipinski definition) is 5. The van der Waals surface area contributed by atoms with Gasteiger partial charge in [-0.05, 0) is 40.5 Å². The van der Waals surface area contributed by atoms with E-state index in [0.29, 0.717) is 0 Å². The summed E-state index contributed by atoms with van der Waals surface area (Å²) in [4.78, 5) is 8.00. The Morgan fingerprint density at radius 1 is 0.694 bits per heavy atom. The fourth-order valence-electron chi connectivity index (χ4n) is 3.23. The number of unbranched alkanes of at least 4 members (excludes halogenated alkanes) is 4. The van der Waals surface area contributed by atoms with Gasteiger partial charge >= 0.3 is 0 Å². The minimum absolute atomic E-state index is 0. The molecule has 0 aliphatic heterocycles. The number of rotatable bonds is 10. The van der Waals surface area contributed by atoms with Gasteiger partial charge in [0.05, 0.1) is 6.61 Å². The lowest BCUT2D eigenvalue weighted by molar-refractivity contribution is -0.0980. The molecule has 36 heavy (non-hydrogen) atoms. The standard InChI is InChI=1S/C11H25NO.C7H14.C5H12.2C2H7N.C2H4.CH2O.CH4/c1-4-6-8-11(10-13,12-3)9-7-5-2;1-2-4-6-7-5-3-1;1-3-5-4-2;1-3-2;1-2-3;2*1-2;/h12-13H,4-10H2,1-3H3;1-7H2;3-5H2,1-2H3;3H,1-2H3;2-3H2,1H3;1-2H2;1H2;1H4. The molecule has 1 aliphatic carbocycles. The molecule has 1 rings (SSSR count). The molecule has 5 nitrogen and oxygen atoms in total. The summed E-state index contributed by atoms with van der Waals surface area (Å²) in [5.74, 6) is 0. The predicted octanol–water partition coefficient (Wildman–Crippen LogP) is 8.30. The molecular weight excluding hydrogens is 446 g/mol. The maximum Gasteiger partial charge on any atom is 0.106 e. The predicted molar refractivity (Wildman–Crippen MR) is 170 cm³/mol. The maximum atomic E-state index is 9.37. The van der Waals surface area contributed by atoms with Crippen molar-refractivity contribution in [3.05, 3.63) is 13.2 Å². The van der Waals surface area contributed by atoms with E-state index in [9.17, 15) is 5.11 Å². The van der Waals surface area contributed by atoms with Crippen LogP contribution in [0.3, 0.4) is 0 Å². The SMILES string of the molecule is C.C1CCCCCC1.C=C.C=O.CCCCC.CCCCC(CO)(CCCC)NC.CCN.CNC. The van der Waals surface area contributed by atoms with Gasteiger partial charge in [0.15, 0.2) is 0 Å². The van der Waals surface area contributed by atoms with Crippen LogP contribution in [-0.2, 0) is 4.79 Å². The normalized spacial score (nSPS) is 11.4. The molecule has 0 amide bonds. The smallest absolute Gasteiger partial charge is 0.106 e. The van der Waals surface area contributed by atoms with Crippen LogP contribution >= 0.6 is 0 Å². The quantitative estimate of drug-likeness (QED) is 0.171. The number of hydrogen-bond donors (Lipinski definition) is 4. The van der Waals surface area contributed by atoms with Crippen molar-refractivity contribution >= 4 is 6.79 Å². The minimum atomic E-state index is -0.00792. The lowest BCUT2D eigenvalue weighted by Crippen LogP contribution is -2.46. The second-order valence-electron chi connectivity index (χ2n) is 8.63. The number of carbonyl (C=O) groups is 1. The van der Waals surface area contributed by atoms with E-state index in [1.807, 2.05) is 34.9 Å². The summed E-state index contributed by atoms with van der Waals surface area (Å²) in [6, 6.07) is 0. The van der Waals surface area contributed by atoms with Crippen LogP contribution in [0, 0.1) is 0 Å². The first-order valence-electron chi connectivity index (χ1n) is 14.4. The Labute approximate surface area is 230 Å². The average molecular weight is 522 g/mol. The van der Waals surface area contributed by atoms with Gasteiger partial charge < -0.3 is 26.3 Å². The fourth-order valence-corrected chi connectivity index (χ4v) is 3.23. The highest BCUT2D eigenvalue weighted by Crippen LogP contribution is 2.20. The number of nitrogens with one attached hydrogen (secondary N) is 2. The first-order chi connectivity index (χ1) is 17.0. The molecule has 1 saturated carbocycles. The van der Waals surface area contributed by atoms with Crippen molar-refractivity contribution in [1.29, 1.82) is 0 Å². The van der Waals surface area contributed by atoms with Crippen molar-refractivity contribution in [1.82, 2.24) is 10.6 Å². The summed E-state index contributed by atoms with van der Waals surface area (Å²) in [6.45, 7) is 19.7. The van der Waals surface area contributed by atoms with Gasteiger partial charge in [0.1, 0.15) is 6.79 Å². The maximum absolute atomic E-state index is 9.37. The fraction of sp³-hybridized carbons (Fsp3) is 0.903. The van der Waals surface area contributed by atoms with Crippen LogP contribution in [-0.4, -0.2) is 51.7 Å². The van der Waals surface area contributed by atoms with Crippen LogP contribution in [0.15, 0.2) is 13.2 Å². The highest BCUT2D eigenvalue weighted by Gasteiger charge is 2.25. The third kappa shape index (κ3) is 58.8. The third-order valence-electron chi connectivity index (χ3n) is 5.31. The topological polar surface area (TPSA) is 87.4 Å². The Morgan fingerprint density at radius 3 is 1.03 bits per heavy atom. The number of likely N-dealkylation sites (N-methyl/N-ethyl adjacent to an activating group) is 1. The van der Waals surface area contributed by atoms with Crippen LogP contribution in [0.2, 0.25) is 0 Å². The van der Waals surface area contributed by atoms with E-state index in [2.05, 4.69) is 51.5 Å². The molecule has 1 fully saturated rings. The van der Waals surface area contributed by atoms with Gasteiger partial charge in [0.2, 0.25) is 0 Å². The zero-order chi connectivity index (χ0) is 28.6. The van der Waals surface area contributed by atoms with Gasteiger partial charge in [-0.2, -0.15) is 0 Å². The van der Waals surface area contributed by atoms with E-state index in [4.69, 9.17) is 10.5 Å². The molecule has 0 aromatic heterocycles. The molecule has 1 aliphatic rings. The largest absolute Gasteiger partial charge is 0.394 e. The van der Waals surface area contributed by atoms with Gasteiger partial charge in [0.25, 0.3) is 0 Å². The number of aliphatic hydroxyl groups is 1. The summed E-state index contributed by atoms with van der Waals surface area (Å²) in [7, 11) is 5.71. The minimum Gasteiger partial charge on any atom is -0.394 e. The van der Waals surface area contributed by atoms with Gasteiger partial charge in [-0.25, -0.2) is 0 Å². The van der Waals surface area contributed by atoms with E-state index in [1.54, 1.807) is 0 Å².